The van der Waals surface area contributed by atoms with Crippen LogP contribution in [0.2, 0.25) is 0 Å². The summed E-state index contributed by atoms with van der Waals surface area (Å²) in [6.45, 7) is 0. The molecule has 2 amide bonds. The summed E-state index contributed by atoms with van der Waals surface area (Å²) in [7, 11) is 1.62. The molecule has 1 saturated carbocycles. The van der Waals surface area contributed by atoms with Crippen LogP contribution < -0.4 is 10.6 Å². The van der Waals surface area contributed by atoms with Crippen LogP contribution in [-0.2, 0) is 7.05 Å². The number of anilines is 2. The van der Waals surface area contributed by atoms with E-state index < -0.39 is 12.0 Å². The van der Waals surface area contributed by atoms with Gasteiger partial charge in [0.2, 0.25) is 5.16 Å². The number of pyridine rings is 1. The van der Waals surface area contributed by atoms with Gasteiger partial charge >= 0.3 is 12.0 Å². The van der Waals surface area contributed by atoms with E-state index in [1.165, 1.54) is 17.1 Å². The predicted octanol–water partition coefficient (Wildman–Crippen LogP) is 2.93. The number of thiazole rings is 1. The van der Waals surface area contributed by atoms with Crippen molar-refractivity contribution in [3.8, 4) is 0 Å². The number of nitrogens with zero attached hydrogens (tertiary/aromatic N) is 6. The number of aryl methyl sites for hydroxylation is 1. The summed E-state index contributed by atoms with van der Waals surface area (Å²) < 4.78 is 1.70. The minimum atomic E-state index is -1.24. The topological polar surface area (TPSA) is 165 Å². The van der Waals surface area contributed by atoms with Gasteiger partial charge in [-0.25, -0.2) is 19.3 Å². The first-order chi connectivity index (χ1) is 15.4. The normalized spacial score (nSPS) is 13.8. The fourth-order valence-corrected chi connectivity index (χ4v) is 5.27. The highest BCUT2D eigenvalue weighted by atomic mass is 32.2. The molecule has 1 aliphatic carbocycles. The molecular formula is C18H18N8O4S2. The van der Waals surface area contributed by atoms with Gasteiger partial charge in [0.25, 0.3) is 0 Å². The first-order valence-corrected chi connectivity index (χ1v) is 11.3. The van der Waals surface area contributed by atoms with Crippen LogP contribution in [0.3, 0.4) is 0 Å². The van der Waals surface area contributed by atoms with Gasteiger partial charge in [-0.3, -0.25) is 15.1 Å². The maximum absolute atomic E-state index is 12.8. The summed E-state index contributed by atoms with van der Waals surface area (Å²) in [6, 6.07) is 0.897. The smallest absolute Gasteiger partial charge is 0.356 e. The fraction of sp³-hybridized carbons (Fsp3) is 0.333. The third-order valence-corrected chi connectivity index (χ3v) is 7.02. The number of carbonyl (C=O) groups excluding carboxylic acids is 2. The largest absolute Gasteiger partial charge is 0.476 e. The summed E-state index contributed by atoms with van der Waals surface area (Å²) >= 11 is 2.00. The van der Waals surface area contributed by atoms with Crippen molar-refractivity contribution in [2.24, 2.45) is 13.0 Å². The van der Waals surface area contributed by atoms with Crippen molar-refractivity contribution in [2.75, 3.05) is 10.6 Å². The molecule has 0 atom stereocenters. The second-order valence-electron chi connectivity index (χ2n) is 6.99. The lowest BCUT2D eigenvalue weighted by molar-refractivity contribution is 0.0687. The number of aromatic carboxylic acids is 1. The second kappa shape index (κ2) is 9.40. The average Bonchev–Trinajstić information content (AvgIpc) is 3.51. The van der Waals surface area contributed by atoms with Gasteiger partial charge in [0.1, 0.15) is 4.21 Å². The Balaban J connectivity index is 1.49. The number of aromatic nitrogens is 6. The molecule has 0 unspecified atom stereocenters. The zero-order valence-corrected chi connectivity index (χ0v) is 18.4. The molecule has 0 bridgehead atoms. The third kappa shape index (κ3) is 4.75. The first-order valence-electron chi connectivity index (χ1n) is 9.63. The van der Waals surface area contributed by atoms with Crippen LogP contribution >= 0.6 is 23.1 Å². The fourth-order valence-electron chi connectivity index (χ4n) is 3.31. The van der Waals surface area contributed by atoms with Crippen molar-refractivity contribution >= 4 is 51.7 Å². The van der Waals surface area contributed by atoms with Gasteiger partial charge in [0, 0.05) is 25.4 Å². The number of amides is 2. The van der Waals surface area contributed by atoms with Crippen molar-refractivity contribution in [1.82, 2.24) is 30.2 Å². The Morgan fingerprint density at radius 3 is 2.72 bits per heavy atom. The van der Waals surface area contributed by atoms with E-state index in [2.05, 4.69) is 36.1 Å². The molecule has 0 spiro atoms. The standard InChI is InChI=1S/C18H18N8O4S2/c1-26-18(23-24-25-26)32-15-12(14(28)29)21-17(31-15)22-16(30)20-11-6-7-19-8-10(11)13(27)9-4-2-3-5-9/h6-9H,2-5H2,1H3,(H,28,29)(H2,19,20,21,22,30). The first kappa shape index (κ1) is 21.8. The van der Waals surface area contributed by atoms with Gasteiger partial charge in [-0.1, -0.05) is 24.2 Å². The van der Waals surface area contributed by atoms with Gasteiger partial charge in [-0.2, -0.15) is 0 Å². The molecule has 32 heavy (non-hydrogen) atoms. The van der Waals surface area contributed by atoms with Crippen molar-refractivity contribution in [3.05, 3.63) is 29.7 Å². The predicted molar refractivity (Wildman–Crippen MR) is 115 cm³/mol. The molecular weight excluding hydrogens is 456 g/mol. The van der Waals surface area contributed by atoms with Gasteiger partial charge in [0.05, 0.1) is 11.3 Å². The Morgan fingerprint density at radius 2 is 2.03 bits per heavy atom. The van der Waals surface area contributed by atoms with E-state index in [1.807, 2.05) is 0 Å². The molecule has 3 aromatic heterocycles. The minimum Gasteiger partial charge on any atom is -0.476 e. The number of nitrogens with one attached hydrogen (secondary N) is 2. The SMILES string of the molecule is Cn1nnnc1Sc1sc(NC(=O)Nc2ccncc2C(=O)C2CCCC2)nc1C(=O)O. The van der Waals surface area contributed by atoms with Gasteiger partial charge in [-0.15, -0.1) is 5.10 Å². The molecule has 0 aromatic carbocycles. The van der Waals surface area contributed by atoms with E-state index in [0.717, 1.165) is 48.8 Å². The number of urea groups is 1. The maximum Gasteiger partial charge on any atom is 0.356 e. The monoisotopic (exact) mass is 474 g/mol. The summed E-state index contributed by atoms with van der Waals surface area (Å²) in [5.74, 6) is -1.34. The molecule has 1 aliphatic rings. The molecule has 4 rings (SSSR count). The zero-order chi connectivity index (χ0) is 22.7. The van der Waals surface area contributed by atoms with Crippen LogP contribution in [0.15, 0.2) is 27.8 Å². The highest BCUT2D eigenvalue weighted by Gasteiger charge is 2.26. The van der Waals surface area contributed by atoms with Crippen molar-refractivity contribution in [3.63, 3.8) is 0 Å². The van der Waals surface area contributed by atoms with Crippen LogP contribution in [0.25, 0.3) is 0 Å². The summed E-state index contributed by atoms with van der Waals surface area (Å²) in [6.07, 6.45) is 6.62. The molecule has 3 heterocycles. The van der Waals surface area contributed by atoms with Gasteiger partial charge in [-0.05, 0) is 41.1 Å². The van der Waals surface area contributed by atoms with Crippen LogP contribution in [0, 0.1) is 5.92 Å². The second-order valence-corrected chi connectivity index (χ2v) is 9.23. The molecule has 12 nitrogen and oxygen atoms in total. The zero-order valence-electron chi connectivity index (χ0n) is 16.8. The Morgan fingerprint density at radius 1 is 1.25 bits per heavy atom. The number of ketones is 1. The van der Waals surface area contributed by atoms with E-state index in [1.54, 1.807) is 13.1 Å². The molecule has 14 heteroatoms. The number of tetrazole rings is 1. The number of carboxylic acids is 1. The minimum absolute atomic E-state index is 0.0377. The Bertz CT molecular complexity index is 1170. The number of hydrogen-bond donors (Lipinski definition) is 3. The average molecular weight is 475 g/mol. The summed E-state index contributed by atoms with van der Waals surface area (Å²) in [4.78, 5) is 44.9. The molecule has 0 radical (unpaired) electrons. The van der Waals surface area contributed by atoms with Crippen LogP contribution in [-0.4, -0.2) is 53.1 Å². The summed E-state index contributed by atoms with van der Waals surface area (Å²) in [5.41, 5.74) is 0.467. The quantitative estimate of drug-likeness (QED) is 0.433. The third-order valence-electron chi connectivity index (χ3n) is 4.85. The van der Waals surface area contributed by atoms with Crippen LogP contribution in [0.4, 0.5) is 15.6 Å². The Kier molecular flexibility index (Phi) is 6.41. The molecule has 0 saturated heterocycles. The van der Waals surface area contributed by atoms with Crippen LogP contribution in [0.1, 0.15) is 46.5 Å². The number of Topliss-reactive ketones (excluding diaryl/α,β-unsaturated/α-hetero) is 1. The molecule has 166 valence electrons. The molecule has 3 N–H and O–H groups in total. The molecule has 3 aromatic rings. The highest BCUT2D eigenvalue weighted by Crippen LogP contribution is 2.36. The number of rotatable bonds is 7. The van der Waals surface area contributed by atoms with Crippen molar-refractivity contribution in [2.45, 2.75) is 35.0 Å². The molecule has 1 fully saturated rings. The Hall–Kier alpha value is -3.39. The molecule has 0 aliphatic heterocycles. The van der Waals surface area contributed by atoms with Crippen molar-refractivity contribution < 1.29 is 19.5 Å². The lowest BCUT2D eigenvalue weighted by Gasteiger charge is -2.13. The van der Waals surface area contributed by atoms with Gasteiger partial charge < -0.3 is 10.4 Å². The lowest BCUT2D eigenvalue weighted by atomic mass is 9.96. The number of carbonyl (C=O) groups is 3. The van der Waals surface area contributed by atoms with E-state index in [0.29, 0.717) is 20.6 Å². The van der Waals surface area contributed by atoms with Crippen molar-refractivity contribution in [1.29, 1.82) is 0 Å². The van der Waals surface area contributed by atoms with E-state index in [9.17, 15) is 19.5 Å². The summed E-state index contributed by atoms with van der Waals surface area (Å²) in [5, 5.41) is 26.1. The van der Waals surface area contributed by atoms with Crippen LogP contribution in [0.5, 0.6) is 0 Å². The highest BCUT2D eigenvalue weighted by molar-refractivity contribution is 8.01. The van der Waals surface area contributed by atoms with E-state index in [4.69, 9.17) is 0 Å². The number of hydrogen-bond acceptors (Lipinski definition) is 10. The Labute approximate surface area is 189 Å². The van der Waals surface area contributed by atoms with E-state index in [-0.39, 0.29) is 22.5 Å². The maximum atomic E-state index is 12.8. The van der Waals surface area contributed by atoms with E-state index >= 15 is 0 Å². The number of carboxylic acid groups (broad SMARTS) is 1. The lowest BCUT2D eigenvalue weighted by Crippen LogP contribution is -2.22. The van der Waals surface area contributed by atoms with Gasteiger partial charge in [0.15, 0.2) is 16.6 Å².